The molecule has 19 heavy (non-hydrogen) atoms. The third-order valence-corrected chi connectivity index (χ3v) is 3.38. The van der Waals surface area contributed by atoms with Gasteiger partial charge in [-0.2, -0.15) is 0 Å². The first-order valence-electron chi connectivity index (χ1n) is 6.04. The number of aryl methyl sites for hydroxylation is 1. The normalized spacial score (nSPS) is 14.4. The highest BCUT2D eigenvalue weighted by Gasteiger charge is 2.15. The molecule has 0 fully saturated rings. The van der Waals surface area contributed by atoms with Crippen molar-refractivity contribution in [1.29, 1.82) is 0 Å². The summed E-state index contributed by atoms with van der Waals surface area (Å²) in [6.45, 7) is 3.96. The maximum Gasteiger partial charge on any atom is 0.149 e. The Labute approximate surface area is 116 Å². The second-order valence-corrected chi connectivity index (χ2v) is 4.99. The van der Waals surface area contributed by atoms with Crippen molar-refractivity contribution in [2.24, 2.45) is 7.05 Å². The molecule has 0 saturated heterocycles. The first kappa shape index (κ1) is 14.0. The van der Waals surface area contributed by atoms with Crippen LogP contribution in [0.2, 0.25) is 5.02 Å². The van der Waals surface area contributed by atoms with Gasteiger partial charge in [0.25, 0.3) is 0 Å². The Morgan fingerprint density at radius 2 is 2.05 bits per heavy atom. The van der Waals surface area contributed by atoms with Gasteiger partial charge in [-0.05, 0) is 31.5 Å². The van der Waals surface area contributed by atoms with E-state index in [1.807, 2.05) is 31.5 Å². The predicted molar refractivity (Wildman–Crippen MR) is 72.4 cm³/mol. The Kier molecular flexibility index (Phi) is 4.17. The predicted octanol–water partition coefficient (Wildman–Crippen LogP) is 3.02. The molecule has 0 amide bonds. The van der Waals surface area contributed by atoms with Crippen LogP contribution in [0.15, 0.2) is 24.5 Å². The number of aromatic nitrogens is 3. The molecular formula is C13H16ClFN4. The van der Waals surface area contributed by atoms with Crippen LogP contribution in [0.5, 0.6) is 0 Å². The molecule has 4 nitrogen and oxygen atoms in total. The van der Waals surface area contributed by atoms with E-state index in [2.05, 4.69) is 15.5 Å². The molecule has 0 bridgehead atoms. The van der Waals surface area contributed by atoms with E-state index in [1.165, 1.54) is 6.07 Å². The zero-order valence-corrected chi connectivity index (χ0v) is 11.8. The lowest BCUT2D eigenvalue weighted by atomic mass is 10.1. The summed E-state index contributed by atoms with van der Waals surface area (Å²) >= 11 is 5.68. The molecule has 0 aliphatic heterocycles. The first-order valence-corrected chi connectivity index (χ1v) is 6.41. The lowest BCUT2D eigenvalue weighted by Gasteiger charge is -2.19. The van der Waals surface area contributed by atoms with Gasteiger partial charge in [-0.1, -0.05) is 17.7 Å². The average molecular weight is 283 g/mol. The summed E-state index contributed by atoms with van der Waals surface area (Å²) in [6, 6.07) is 4.83. The van der Waals surface area contributed by atoms with Crippen LogP contribution in [-0.2, 0) is 7.05 Å². The third kappa shape index (κ3) is 3.11. The van der Waals surface area contributed by atoms with Crippen molar-refractivity contribution < 1.29 is 4.39 Å². The summed E-state index contributed by atoms with van der Waals surface area (Å²) in [5.41, 5.74) is 0.843. The highest BCUT2D eigenvalue weighted by Crippen LogP contribution is 2.22. The lowest BCUT2D eigenvalue weighted by Crippen LogP contribution is -2.24. The molecule has 0 aliphatic rings. The molecule has 2 atom stereocenters. The van der Waals surface area contributed by atoms with Gasteiger partial charge in [0.15, 0.2) is 0 Å². The molecule has 1 aromatic carbocycles. The van der Waals surface area contributed by atoms with Crippen LogP contribution in [0, 0.1) is 5.82 Å². The molecule has 6 heteroatoms. The van der Waals surface area contributed by atoms with Crippen molar-refractivity contribution >= 4 is 11.6 Å². The maximum absolute atomic E-state index is 13.4. The SMILES string of the molecule is CC(NC(C)c1nncn1C)c1ccc(Cl)c(F)c1. The van der Waals surface area contributed by atoms with Crippen LogP contribution in [0.3, 0.4) is 0 Å². The van der Waals surface area contributed by atoms with Gasteiger partial charge in [0.1, 0.15) is 18.0 Å². The molecule has 1 N–H and O–H groups in total. The molecular weight excluding hydrogens is 267 g/mol. The Morgan fingerprint density at radius 3 is 2.63 bits per heavy atom. The summed E-state index contributed by atoms with van der Waals surface area (Å²) in [4.78, 5) is 0. The maximum atomic E-state index is 13.4. The molecule has 2 unspecified atom stereocenters. The van der Waals surface area contributed by atoms with E-state index in [4.69, 9.17) is 11.6 Å². The average Bonchev–Trinajstić information content (AvgIpc) is 2.79. The van der Waals surface area contributed by atoms with Crippen LogP contribution in [0.4, 0.5) is 4.39 Å². The highest BCUT2D eigenvalue weighted by molar-refractivity contribution is 6.30. The monoisotopic (exact) mass is 282 g/mol. The van der Waals surface area contributed by atoms with Gasteiger partial charge in [-0.3, -0.25) is 0 Å². The molecule has 0 saturated carbocycles. The highest BCUT2D eigenvalue weighted by atomic mass is 35.5. The number of nitrogens with zero attached hydrogens (tertiary/aromatic N) is 3. The smallest absolute Gasteiger partial charge is 0.149 e. The van der Waals surface area contributed by atoms with Gasteiger partial charge >= 0.3 is 0 Å². The molecule has 2 aromatic rings. The minimum absolute atomic E-state index is 0.0150. The largest absolute Gasteiger partial charge is 0.319 e. The second kappa shape index (κ2) is 5.67. The fourth-order valence-electron chi connectivity index (χ4n) is 2.01. The fraction of sp³-hybridized carbons (Fsp3) is 0.385. The Balaban J connectivity index is 2.10. The van der Waals surface area contributed by atoms with Gasteiger partial charge < -0.3 is 9.88 Å². The van der Waals surface area contributed by atoms with Gasteiger partial charge in [0.2, 0.25) is 0 Å². The van der Waals surface area contributed by atoms with Crippen molar-refractivity contribution in [1.82, 2.24) is 20.1 Å². The Morgan fingerprint density at radius 1 is 1.32 bits per heavy atom. The van der Waals surface area contributed by atoms with Crippen molar-refractivity contribution in [3.8, 4) is 0 Å². The Bertz CT molecular complexity index is 570. The van der Waals surface area contributed by atoms with Gasteiger partial charge in [-0.25, -0.2) is 4.39 Å². The van der Waals surface area contributed by atoms with Crippen molar-refractivity contribution in [2.45, 2.75) is 25.9 Å². The summed E-state index contributed by atoms with van der Waals surface area (Å²) in [5, 5.41) is 11.4. The first-order chi connectivity index (χ1) is 8.99. The summed E-state index contributed by atoms with van der Waals surface area (Å²) in [6.07, 6.45) is 1.65. The quantitative estimate of drug-likeness (QED) is 0.937. The zero-order valence-electron chi connectivity index (χ0n) is 11.1. The van der Waals surface area contributed by atoms with Crippen molar-refractivity contribution in [3.63, 3.8) is 0 Å². The zero-order chi connectivity index (χ0) is 14.0. The van der Waals surface area contributed by atoms with E-state index >= 15 is 0 Å². The van der Waals surface area contributed by atoms with Gasteiger partial charge in [-0.15, -0.1) is 10.2 Å². The van der Waals surface area contributed by atoms with Gasteiger partial charge in [0.05, 0.1) is 11.1 Å². The fourth-order valence-corrected chi connectivity index (χ4v) is 2.13. The minimum Gasteiger partial charge on any atom is -0.319 e. The van der Waals surface area contributed by atoms with E-state index in [9.17, 15) is 4.39 Å². The van der Waals surface area contributed by atoms with Crippen LogP contribution < -0.4 is 5.32 Å². The second-order valence-electron chi connectivity index (χ2n) is 4.58. The molecule has 0 aliphatic carbocycles. The van der Waals surface area contributed by atoms with Gasteiger partial charge in [0, 0.05) is 13.1 Å². The van der Waals surface area contributed by atoms with E-state index in [1.54, 1.807) is 12.4 Å². The van der Waals surface area contributed by atoms with Crippen LogP contribution in [-0.4, -0.2) is 14.8 Å². The van der Waals surface area contributed by atoms with E-state index in [-0.39, 0.29) is 17.1 Å². The number of hydrogen-bond donors (Lipinski definition) is 1. The molecule has 2 rings (SSSR count). The topological polar surface area (TPSA) is 42.7 Å². The van der Waals surface area contributed by atoms with E-state index < -0.39 is 5.82 Å². The summed E-state index contributed by atoms with van der Waals surface area (Å²) in [5.74, 6) is 0.431. The van der Waals surface area contributed by atoms with Crippen LogP contribution in [0.1, 0.15) is 37.3 Å². The van der Waals surface area contributed by atoms with Crippen molar-refractivity contribution in [3.05, 3.63) is 46.8 Å². The molecule has 0 radical (unpaired) electrons. The minimum atomic E-state index is -0.404. The molecule has 1 aromatic heterocycles. The van der Waals surface area contributed by atoms with Crippen molar-refractivity contribution in [2.75, 3.05) is 0 Å². The van der Waals surface area contributed by atoms with Crippen LogP contribution in [0.25, 0.3) is 0 Å². The number of halogens is 2. The number of benzene rings is 1. The lowest BCUT2D eigenvalue weighted by molar-refractivity contribution is 0.464. The number of hydrogen-bond acceptors (Lipinski definition) is 3. The molecule has 102 valence electrons. The standard InChI is InChI=1S/C13H16ClFN4/c1-8(10-4-5-11(14)12(15)6-10)17-9(2)13-18-16-7-19(13)3/h4-9,17H,1-3H3. The van der Waals surface area contributed by atoms with E-state index in [0.717, 1.165) is 11.4 Å². The Hall–Kier alpha value is -1.46. The third-order valence-electron chi connectivity index (χ3n) is 3.08. The number of nitrogens with one attached hydrogen (secondary N) is 1. The molecule has 1 heterocycles. The molecule has 0 spiro atoms. The van der Waals surface area contributed by atoms with Crippen LogP contribution >= 0.6 is 11.6 Å². The summed E-state index contributed by atoms with van der Waals surface area (Å²) < 4.78 is 15.3. The summed E-state index contributed by atoms with van der Waals surface area (Å²) in [7, 11) is 1.89. The van der Waals surface area contributed by atoms with E-state index in [0.29, 0.717) is 0 Å². The number of rotatable bonds is 4.